The minimum atomic E-state index is 0. The van der Waals surface area contributed by atoms with Crippen molar-refractivity contribution in [2.45, 2.75) is 40.0 Å². The molecule has 0 aliphatic heterocycles. The van der Waals surface area contributed by atoms with Crippen LogP contribution in [0.4, 0.5) is 0 Å². The molecule has 0 N–H and O–H groups in total. The monoisotopic (exact) mass is 675 g/mol. The van der Waals surface area contributed by atoms with E-state index in [2.05, 4.69) is 87.1 Å². The number of aryl methyl sites for hydroxylation is 2. The van der Waals surface area contributed by atoms with Gasteiger partial charge in [0.1, 0.15) is 5.58 Å². The largest absolute Gasteiger partial charge is 0.501 e. The summed E-state index contributed by atoms with van der Waals surface area (Å²) < 4.78 is 6.09. The molecular weight excluding hydrogens is 645 g/mol. The number of rotatable bonds is 2. The molecule has 0 atom stereocenters. The molecule has 0 saturated carbocycles. The summed E-state index contributed by atoms with van der Waals surface area (Å²) in [6.45, 7) is 10.8. The molecule has 0 unspecified atom stereocenters. The van der Waals surface area contributed by atoms with Gasteiger partial charge in [0.2, 0.25) is 0 Å². The molecule has 3 nitrogen and oxygen atoms in total. The first kappa shape index (κ1) is 27.4. The molecule has 3 heterocycles. The van der Waals surface area contributed by atoms with Gasteiger partial charge < -0.3 is 14.4 Å². The van der Waals surface area contributed by atoms with Crippen LogP contribution in [0.1, 0.15) is 37.5 Å². The minimum absolute atomic E-state index is 0. The van der Waals surface area contributed by atoms with Gasteiger partial charge in [-0.15, -0.1) is 54.1 Å². The summed E-state index contributed by atoms with van der Waals surface area (Å²) in [5, 5.41) is 2.24. The van der Waals surface area contributed by atoms with Crippen LogP contribution in [0, 0.1) is 26.0 Å². The van der Waals surface area contributed by atoms with E-state index in [1.807, 2.05) is 60.9 Å². The van der Waals surface area contributed by atoms with Gasteiger partial charge in [-0.3, -0.25) is 0 Å². The van der Waals surface area contributed by atoms with Crippen molar-refractivity contribution < 1.29 is 24.5 Å². The van der Waals surface area contributed by atoms with Gasteiger partial charge in [-0.25, -0.2) is 0 Å². The summed E-state index contributed by atoms with van der Waals surface area (Å²) in [5.74, 6) is 0. The maximum atomic E-state index is 6.09. The Bertz CT molecular complexity index is 1680. The Morgan fingerprint density at radius 2 is 1.53 bits per heavy atom. The van der Waals surface area contributed by atoms with Crippen molar-refractivity contribution >= 4 is 21.9 Å². The van der Waals surface area contributed by atoms with E-state index in [0.29, 0.717) is 0 Å². The van der Waals surface area contributed by atoms with Gasteiger partial charge in [0.05, 0.1) is 5.58 Å². The van der Waals surface area contributed by atoms with Crippen LogP contribution >= 0.6 is 0 Å². The van der Waals surface area contributed by atoms with E-state index in [1.165, 1.54) is 16.7 Å². The van der Waals surface area contributed by atoms with Crippen LogP contribution in [0.3, 0.4) is 0 Å². The molecule has 0 bridgehead atoms. The summed E-state index contributed by atoms with van der Waals surface area (Å²) in [6.07, 6.45) is 3.77. The molecule has 0 aliphatic rings. The first-order chi connectivity index (χ1) is 17.8. The van der Waals surface area contributed by atoms with Crippen molar-refractivity contribution in [3.8, 4) is 22.5 Å². The summed E-state index contributed by atoms with van der Waals surface area (Å²) >= 11 is 0. The normalized spacial score (nSPS) is 11.1. The Kier molecular flexibility index (Phi) is 8.25. The fourth-order valence-corrected chi connectivity index (χ4v) is 4.24. The van der Waals surface area contributed by atoms with Crippen LogP contribution in [-0.4, -0.2) is 9.97 Å². The van der Waals surface area contributed by atoms with Gasteiger partial charge in [0, 0.05) is 37.9 Å². The third kappa shape index (κ3) is 5.77. The molecule has 3 aromatic heterocycles. The Balaban J connectivity index is 0.000000193. The van der Waals surface area contributed by atoms with E-state index in [-0.39, 0.29) is 25.5 Å². The third-order valence-corrected chi connectivity index (χ3v) is 6.58. The Hall–Kier alpha value is -3.59. The summed E-state index contributed by atoms with van der Waals surface area (Å²) in [6, 6.07) is 32.8. The van der Waals surface area contributed by atoms with Crippen LogP contribution in [0.15, 0.2) is 95.7 Å². The SMILES string of the molecule is CC(C)(C)c1ccnc(-c2[c-]ccc3c2oc2ccccc23)c1.Cc1cnc(-c2[c-]cccc2)cc1C.[Ir]. The summed E-state index contributed by atoms with van der Waals surface area (Å²) in [7, 11) is 0. The first-order valence-corrected chi connectivity index (χ1v) is 12.5. The molecule has 1 radical (unpaired) electrons. The van der Waals surface area contributed by atoms with Crippen LogP contribution in [0.2, 0.25) is 0 Å². The molecular formula is C34H30IrN2O-2. The maximum absolute atomic E-state index is 6.09. The van der Waals surface area contributed by atoms with Gasteiger partial charge in [-0.2, -0.15) is 0 Å². The quantitative estimate of drug-likeness (QED) is 0.172. The summed E-state index contributed by atoms with van der Waals surface area (Å²) in [5.41, 5.74) is 9.46. The summed E-state index contributed by atoms with van der Waals surface area (Å²) in [4.78, 5) is 8.93. The van der Waals surface area contributed by atoms with Gasteiger partial charge in [-0.1, -0.05) is 67.6 Å². The second kappa shape index (κ2) is 11.4. The molecule has 3 aromatic carbocycles. The molecule has 4 heteroatoms. The van der Waals surface area contributed by atoms with Crippen LogP contribution in [0.25, 0.3) is 44.5 Å². The molecule has 6 aromatic rings. The maximum Gasteiger partial charge on any atom is 0.120 e. The number of benzene rings is 3. The molecule has 0 fully saturated rings. The molecule has 38 heavy (non-hydrogen) atoms. The second-order valence-electron chi connectivity index (χ2n) is 10.3. The average Bonchev–Trinajstić information content (AvgIpc) is 3.30. The van der Waals surface area contributed by atoms with Crippen molar-refractivity contribution in [3.63, 3.8) is 0 Å². The number of pyridine rings is 2. The average molecular weight is 675 g/mol. The van der Waals surface area contributed by atoms with E-state index in [4.69, 9.17) is 4.42 Å². The number of aromatic nitrogens is 2. The van der Waals surface area contributed by atoms with Crippen molar-refractivity contribution in [1.82, 2.24) is 9.97 Å². The van der Waals surface area contributed by atoms with E-state index in [9.17, 15) is 0 Å². The van der Waals surface area contributed by atoms with E-state index < -0.39 is 0 Å². The van der Waals surface area contributed by atoms with Gasteiger partial charge in [0.15, 0.2) is 0 Å². The fraction of sp³-hybridized carbons (Fsp3) is 0.176. The molecule has 0 amide bonds. The number of para-hydroxylation sites is 1. The number of hydrogen-bond acceptors (Lipinski definition) is 3. The number of hydrogen-bond donors (Lipinski definition) is 0. The zero-order valence-corrected chi connectivity index (χ0v) is 24.7. The van der Waals surface area contributed by atoms with Crippen LogP contribution in [-0.2, 0) is 25.5 Å². The second-order valence-corrected chi connectivity index (χ2v) is 10.3. The zero-order valence-electron chi connectivity index (χ0n) is 22.3. The molecule has 6 rings (SSSR count). The third-order valence-electron chi connectivity index (χ3n) is 6.58. The van der Waals surface area contributed by atoms with Crippen molar-refractivity contribution in [2.24, 2.45) is 0 Å². The van der Waals surface area contributed by atoms with Crippen LogP contribution < -0.4 is 0 Å². The Labute approximate surface area is 238 Å². The zero-order chi connectivity index (χ0) is 26.0. The van der Waals surface area contributed by atoms with Gasteiger partial charge in [-0.05, 0) is 53.9 Å². The number of nitrogens with zero attached hydrogens (tertiary/aromatic N) is 2. The van der Waals surface area contributed by atoms with Crippen molar-refractivity contribution in [2.75, 3.05) is 0 Å². The van der Waals surface area contributed by atoms with E-state index >= 15 is 0 Å². The predicted octanol–water partition coefficient (Wildman–Crippen LogP) is 8.91. The topological polar surface area (TPSA) is 38.9 Å². The van der Waals surface area contributed by atoms with Gasteiger partial charge in [0.25, 0.3) is 0 Å². The van der Waals surface area contributed by atoms with E-state index in [0.717, 1.165) is 44.5 Å². The Morgan fingerprint density at radius 3 is 2.26 bits per heavy atom. The van der Waals surface area contributed by atoms with Gasteiger partial charge >= 0.3 is 0 Å². The molecule has 0 saturated heterocycles. The molecule has 193 valence electrons. The molecule has 0 aliphatic carbocycles. The first-order valence-electron chi connectivity index (χ1n) is 12.5. The minimum Gasteiger partial charge on any atom is -0.501 e. The number of furan rings is 1. The van der Waals surface area contributed by atoms with Crippen molar-refractivity contribution in [3.05, 3.63) is 120 Å². The predicted molar refractivity (Wildman–Crippen MR) is 152 cm³/mol. The van der Waals surface area contributed by atoms with Crippen molar-refractivity contribution in [1.29, 1.82) is 0 Å². The Morgan fingerprint density at radius 1 is 0.737 bits per heavy atom. The molecule has 0 spiro atoms. The standard InChI is InChI=1S/C21H18NO.C13H12N.Ir/c1-21(2,3)14-11-12-22-18(13-14)17-9-6-8-16-15-7-4-5-10-19(15)23-20(16)17;1-10-8-13(14-9-11(10)2)12-6-4-3-5-7-12;/h4-8,10-13H,1-3H3;3-6,8-9H,1-2H3;/q2*-1;. The smallest absolute Gasteiger partial charge is 0.120 e. The fourth-order valence-electron chi connectivity index (χ4n) is 4.24. The number of fused-ring (bicyclic) bond motifs is 3. The van der Waals surface area contributed by atoms with E-state index in [1.54, 1.807) is 0 Å². The van der Waals surface area contributed by atoms with Crippen LogP contribution in [0.5, 0.6) is 0 Å².